The van der Waals surface area contributed by atoms with Crippen LogP contribution in [0, 0.1) is 0 Å². The van der Waals surface area contributed by atoms with Crippen molar-refractivity contribution in [2.75, 3.05) is 0 Å². The van der Waals surface area contributed by atoms with Gasteiger partial charge in [-0.3, -0.25) is 0 Å². The van der Waals surface area contributed by atoms with Crippen molar-refractivity contribution in [3.8, 4) is 0 Å². The minimum Gasteiger partial charge on any atom is -0.429 e. The van der Waals surface area contributed by atoms with Gasteiger partial charge >= 0.3 is 7.32 Å². The topological polar surface area (TPSA) is 27.7 Å². The molecular weight excluding hydrogens is 323 g/mol. The number of hydrogen-bond donors (Lipinski definition) is 0. The summed E-state index contributed by atoms with van der Waals surface area (Å²) in [6.07, 6.45) is 0. The maximum Gasteiger partial charge on any atom is 0.606 e. The third-order valence-electron chi connectivity index (χ3n) is 5.63. The molecular formula is C15H39BO3Si3. The summed E-state index contributed by atoms with van der Waals surface area (Å²) in [5, 5.41) is 0. The minimum absolute atomic E-state index is 0.426. The Balaban J connectivity index is 5.22. The molecule has 0 N–H and O–H groups in total. The second-order valence-corrected chi connectivity index (χ2v) is 20.8. The molecule has 0 atom stereocenters. The molecule has 0 aliphatic carbocycles. The average Bonchev–Trinajstić information content (AvgIpc) is 2.54. The quantitative estimate of drug-likeness (QED) is 0.407. The van der Waals surface area contributed by atoms with Crippen LogP contribution in [0.15, 0.2) is 0 Å². The van der Waals surface area contributed by atoms with Gasteiger partial charge in [-0.2, -0.15) is 0 Å². The van der Waals surface area contributed by atoms with E-state index in [0.717, 1.165) is 36.3 Å². The van der Waals surface area contributed by atoms with Gasteiger partial charge in [-0.1, -0.05) is 41.5 Å². The summed E-state index contributed by atoms with van der Waals surface area (Å²) in [4.78, 5) is 0. The van der Waals surface area contributed by atoms with Crippen LogP contribution in [0.1, 0.15) is 41.5 Å². The van der Waals surface area contributed by atoms with Crippen molar-refractivity contribution in [2.45, 2.75) is 97.4 Å². The van der Waals surface area contributed by atoms with E-state index in [1.54, 1.807) is 0 Å². The summed E-state index contributed by atoms with van der Waals surface area (Å²) in [5.41, 5.74) is 0. The van der Waals surface area contributed by atoms with E-state index in [1.807, 2.05) is 0 Å². The molecule has 0 heterocycles. The lowest BCUT2D eigenvalue weighted by molar-refractivity contribution is 0.290. The van der Waals surface area contributed by atoms with Crippen molar-refractivity contribution >= 4 is 32.3 Å². The van der Waals surface area contributed by atoms with E-state index < -0.39 is 32.3 Å². The van der Waals surface area contributed by atoms with E-state index in [1.165, 1.54) is 0 Å². The molecule has 22 heavy (non-hydrogen) atoms. The first-order chi connectivity index (χ1) is 10.1. The Kier molecular flexibility index (Phi) is 10.1. The summed E-state index contributed by atoms with van der Waals surface area (Å²) in [7, 11) is -5.58. The van der Waals surface area contributed by atoms with Gasteiger partial charge in [0.1, 0.15) is 0 Å². The first-order valence-corrected chi connectivity index (χ1v) is 17.7. The Morgan fingerprint density at radius 3 is 0.818 bits per heavy atom. The van der Waals surface area contributed by atoms with E-state index in [-0.39, 0.29) is 0 Å². The predicted octanol–water partition coefficient (Wildman–Crippen LogP) is 5.87. The van der Waals surface area contributed by atoms with Gasteiger partial charge < -0.3 is 13.0 Å². The van der Waals surface area contributed by atoms with Crippen LogP contribution < -0.4 is 0 Å². The van der Waals surface area contributed by atoms with Gasteiger partial charge in [0, 0.05) is 0 Å². The van der Waals surface area contributed by atoms with E-state index in [0.29, 0.717) is 0 Å². The summed E-state index contributed by atoms with van der Waals surface area (Å²) >= 11 is 0. The van der Waals surface area contributed by atoms with Crippen LogP contribution in [-0.4, -0.2) is 32.3 Å². The average molecular weight is 363 g/mol. The monoisotopic (exact) mass is 362 g/mol. The SMILES string of the molecule is CC[Si](C)(CC)OB(O[Si](C)(CC)CC)O[Si](C)(CC)CC. The van der Waals surface area contributed by atoms with Gasteiger partial charge in [0.05, 0.1) is 0 Å². The van der Waals surface area contributed by atoms with Gasteiger partial charge in [0.15, 0.2) is 25.0 Å². The highest BCUT2D eigenvalue weighted by molar-refractivity contribution is 6.85. The summed E-state index contributed by atoms with van der Waals surface area (Å²) in [6, 6.07) is 6.67. The zero-order valence-electron chi connectivity index (χ0n) is 16.5. The predicted molar refractivity (Wildman–Crippen MR) is 107 cm³/mol. The highest BCUT2D eigenvalue weighted by atomic mass is 28.4. The normalized spacial score (nSPS) is 13.5. The van der Waals surface area contributed by atoms with Crippen LogP contribution >= 0.6 is 0 Å². The molecule has 0 saturated heterocycles. The molecule has 0 aliphatic heterocycles. The van der Waals surface area contributed by atoms with Crippen LogP contribution in [0.25, 0.3) is 0 Å². The smallest absolute Gasteiger partial charge is 0.429 e. The van der Waals surface area contributed by atoms with E-state index in [4.69, 9.17) is 13.0 Å². The molecule has 0 rings (SSSR count). The summed E-state index contributed by atoms with van der Waals surface area (Å²) < 4.78 is 19.5. The molecule has 0 spiro atoms. The minimum atomic E-state index is -1.72. The molecule has 132 valence electrons. The molecule has 0 amide bonds. The van der Waals surface area contributed by atoms with Crippen LogP contribution in [0.2, 0.25) is 55.9 Å². The van der Waals surface area contributed by atoms with Gasteiger partial charge in [0.2, 0.25) is 0 Å². The fourth-order valence-corrected chi connectivity index (χ4v) is 6.49. The second kappa shape index (κ2) is 9.79. The molecule has 0 radical (unpaired) electrons. The van der Waals surface area contributed by atoms with Gasteiger partial charge in [-0.15, -0.1) is 0 Å². The first-order valence-electron chi connectivity index (χ1n) is 9.18. The van der Waals surface area contributed by atoms with Crippen molar-refractivity contribution in [2.24, 2.45) is 0 Å². The maximum atomic E-state index is 6.50. The summed E-state index contributed by atoms with van der Waals surface area (Å²) in [5.74, 6) is 0. The molecule has 0 aromatic rings. The van der Waals surface area contributed by atoms with Crippen molar-refractivity contribution in [3.63, 3.8) is 0 Å². The molecule has 0 bridgehead atoms. The van der Waals surface area contributed by atoms with Crippen LogP contribution in [0.3, 0.4) is 0 Å². The van der Waals surface area contributed by atoms with Crippen LogP contribution in [0.4, 0.5) is 0 Å². The standard InChI is InChI=1S/C15H39BO3Si3/c1-10-20(7,11-2)17-16(18-21(8,12-3)13-4)19-22(9,14-5)15-6/h10-15H2,1-9H3. The van der Waals surface area contributed by atoms with Gasteiger partial charge in [-0.25, -0.2) is 0 Å². The third kappa shape index (κ3) is 7.01. The molecule has 0 aliphatic rings. The highest BCUT2D eigenvalue weighted by Crippen LogP contribution is 2.26. The maximum absolute atomic E-state index is 6.50. The summed E-state index contributed by atoms with van der Waals surface area (Å²) in [6.45, 7) is 20.3. The zero-order valence-corrected chi connectivity index (χ0v) is 19.5. The van der Waals surface area contributed by atoms with Gasteiger partial charge in [-0.05, 0) is 55.9 Å². The fraction of sp³-hybridized carbons (Fsp3) is 1.00. The van der Waals surface area contributed by atoms with Crippen molar-refractivity contribution < 1.29 is 13.0 Å². The lowest BCUT2D eigenvalue weighted by atomic mass is 10.3. The van der Waals surface area contributed by atoms with Gasteiger partial charge in [0.25, 0.3) is 0 Å². The largest absolute Gasteiger partial charge is 0.606 e. The number of rotatable bonds is 12. The van der Waals surface area contributed by atoms with Crippen LogP contribution in [0.5, 0.6) is 0 Å². The molecule has 0 unspecified atom stereocenters. The molecule has 3 nitrogen and oxygen atoms in total. The lowest BCUT2D eigenvalue weighted by Crippen LogP contribution is -2.53. The first kappa shape index (κ1) is 22.6. The van der Waals surface area contributed by atoms with E-state index >= 15 is 0 Å². The van der Waals surface area contributed by atoms with Crippen molar-refractivity contribution in [3.05, 3.63) is 0 Å². The van der Waals surface area contributed by atoms with E-state index in [9.17, 15) is 0 Å². The second-order valence-electron chi connectivity index (χ2n) is 7.11. The third-order valence-corrected chi connectivity index (χ3v) is 16.9. The van der Waals surface area contributed by atoms with E-state index in [2.05, 4.69) is 61.2 Å². The highest BCUT2D eigenvalue weighted by Gasteiger charge is 2.42. The molecule has 0 saturated carbocycles. The molecule has 0 aromatic heterocycles. The Morgan fingerprint density at radius 2 is 0.682 bits per heavy atom. The van der Waals surface area contributed by atoms with Crippen molar-refractivity contribution in [1.82, 2.24) is 0 Å². The molecule has 7 heteroatoms. The number of hydrogen-bond acceptors (Lipinski definition) is 3. The van der Waals surface area contributed by atoms with Crippen molar-refractivity contribution in [1.29, 1.82) is 0 Å². The Labute approximate surface area is 143 Å². The molecule has 0 aromatic carbocycles. The Hall–Kier alpha value is 0.596. The Morgan fingerprint density at radius 1 is 0.500 bits per heavy atom. The zero-order chi connectivity index (χ0) is 17.4. The fourth-order valence-electron chi connectivity index (χ4n) is 2.02. The lowest BCUT2D eigenvalue weighted by Gasteiger charge is -2.37. The Bertz CT molecular complexity index is 259. The molecule has 0 fully saturated rings. The van der Waals surface area contributed by atoms with Crippen LogP contribution in [-0.2, 0) is 13.0 Å².